The molecule has 3 heterocycles. The average molecular weight is 369 g/mol. The summed E-state index contributed by atoms with van der Waals surface area (Å²) in [5.41, 5.74) is 1.55. The van der Waals surface area contributed by atoms with Gasteiger partial charge in [0.2, 0.25) is 0 Å². The molecule has 0 spiro atoms. The number of hydrogen-bond acceptors (Lipinski definition) is 4. The summed E-state index contributed by atoms with van der Waals surface area (Å²) in [5.74, 6) is -0.498. The number of amides is 1. The Morgan fingerprint density at radius 1 is 1.37 bits per heavy atom. The van der Waals surface area contributed by atoms with Crippen LogP contribution in [-0.4, -0.2) is 56.6 Å². The first kappa shape index (κ1) is 17.4. The Kier molecular flexibility index (Phi) is 4.97. The van der Waals surface area contributed by atoms with Crippen LogP contribution in [0.25, 0.3) is 11.3 Å². The summed E-state index contributed by atoms with van der Waals surface area (Å²) in [6.07, 6.45) is 5.71. The largest absolute Gasteiger partial charge is 0.374 e. The van der Waals surface area contributed by atoms with E-state index in [-0.39, 0.29) is 17.8 Å². The van der Waals surface area contributed by atoms with Crippen molar-refractivity contribution in [3.05, 3.63) is 60.3 Å². The maximum absolute atomic E-state index is 13.6. The van der Waals surface area contributed by atoms with Crippen molar-refractivity contribution >= 4 is 5.91 Å². The van der Waals surface area contributed by atoms with E-state index in [4.69, 9.17) is 4.74 Å². The first-order chi connectivity index (χ1) is 13.2. The van der Waals surface area contributed by atoms with E-state index in [1.807, 2.05) is 12.3 Å². The first-order valence-corrected chi connectivity index (χ1v) is 8.88. The monoisotopic (exact) mass is 369 g/mol. The zero-order chi connectivity index (χ0) is 18.6. The predicted octanol–water partition coefficient (Wildman–Crippen LogP) is 2.34. The van der Waals surface area contributed by atoms with Gasteiger partial charge in [0.05, 0.1) is 30.1 Å². The van der Waals surface area contributed by atoms with Gasteiger partial charge in [-0.25, -0.2) is 4.39 Å². The summed E-state index contributed by atoms with van der Waals surface area (Å²) in [7, 11) is 0. The number of nitrogens with zero attached hydrogens (tertiary/aromatic N) is 4. The van der Waals surface area contributed by atoms with Crippen LogP contribution in [0.15, 0.2) is 48.9 Å². The fourth-order valence-electron chi connectivity index (χ4n) is 3.29. The molecule has 0 unspecified atom stereocenters. The Bertz CT molecular complexity index is 908. The molecule has 7 nitrogen and oxygen atoms in total. The van der Waals surface area contributed by atoms with Gasteiger partial charge in [-0.15, -0.1) is 0 Å². The highest BCUT2D eigenvalue weighted by molar-refractivity contribution is 5.99. The van der Waals surface area contributed by atoms with E-state index in [0.717, 1.165) is 6.42 Å². The van der Waals surface area contributed by atoms with Gasteiger partial charge in [-0.3, -0.25) is 14.6 Å². The predicted molar refractivity (Wildman–Crippen MR) is 96.5 cm³/mol. The minimum Gasteiger partial charge on any atom is -0.374 e. The molecule has 3 aromatic rings. The third kappa shape index (κ3) is 3.90. The number of rotatable bonds is 4. The highest BCUT2D eigenvalue weighted by atomic mass is 19.1. The number of carbonyl (C=O) groups excluding carboxylic acids is 1. The molecule has 1 aromatic carbocycles. The molecule has 8 heteroatoms. The molecule has 1 atom stereocenters. The van der Waals surface area contributed by atoms with Crippen LogP contribution in [0.1, 0.15) is 16.8 Å². The second-order valence-corrected chi connectivity index (χ2v) is 6.49. The molecule has 1 aliphatic heterocycles. The Morgan fingerprint density at radius 2 is 2.30 bits per heavy atom. The van der Waals surface area contributed by atoms with Crippen molar-refractivity contribution in [1.29, 1.82) is 0 Å². The maximum atomic E-state index is 13.6. The summed E-state index contributed by atoms with van der Waals surface area (Å²) in [4.78, 5) is 14.9. The fourth-order valence-corrected chi connectivity index (χ4v) is 3.29. The van der Waals surface area contributed by atoms with Gasteiger partial charge in [0.15, 0.2) is 0 Å². The minimum atomic E-state index is -0.358. The fraction of sp³-hybridized carbons (Fsp3) is 0.316. The summed E-state index contributed by atoms with van der Waals surface area (Å²) in [6, 6.07) is 7.97. The van der Waals surface area contributed by atoms with Crippen molar-refractivity contribution in [3.63, 3.8) is 0 Å². The molecule has 4 rings (SSSR count). The molecule has 2 aromatic heterocycles. The summed E-state index contributed by atoms with van der Waals surface area (Å²) in [5, 5.41) is 11.0. The zero-order valence-electron chi connectivity index (χ0n) is 14.7. The topological polar surface area (TPSA) is 76.0 Å². The molecular weight excluding hydrogens is 349 g/mol. The Hall–Kier alpha value is -3.00. The number of aromatic amines is 1. The molecule has 1 amide bonds. The number of halogens is 1. The number of ether oxygens (including phenoxy) is 1. The van der Waals surface area contributed by atoms with Crippen LogP contribution in [0.4, 0.5) is 4.39 Å². The van der Waals surface area contributed by atoms with Gasteiger partial charge in [0, 0.05) is 37.7 Å². The Balaban J connectivity index is 1.54. The van der Waals surface area contributed by atoms with E-state index in [2.05, 4.69) is 15.3 Å². The number of H-pyrrole nitrogens is 1. The standard InChI is InChI=1S/C19H20FN5O2/c20-15-5-1-4-14(10-15)18-17(11-21-23-18)19(26)24-7-3-9-27-16(12-24)13-25-8-2-6-22-25/h1-2,4-6,8,10-11,16H,3,7,9,12-13H2,(H,21,23)/t16-/m0/s1. The molecule has 1 N–H and O–H groups in total. The van der Waals surface area contributed by atoms with E-state index in [1.54, 1.807) is 27.9 Å². The van der Waals surface area contributed by atoms with Gasteiger partial charge in [-0.05, 0) is 24.6 Å². The SMILES string of the molecule is O=C(c1cn[nH]c1-c1cccc(F)c1)N1CCCO[C@H](Cn2cccn2)C1. The number of carbonyl (C=O) groups is 1. The number of nitrogens with one attached hydrogen (secondary N) is 1. The third-order valence-corrected chi connectivity index (χ3v) is 4.57. The lowest BCUT2D eigenvalue weighted by Crippen LogP contribution is -2.38. The summed E-state index contributed by atoms with van der Waals surface area (Å²) in [6.45, 7) is 2.24. The van der Waals surface area contributed by atoms with Gasteiger partial charge < -0.3 is 9.64 Å². The average Bonchev–Trinajstić information content (AvgIpc) is 3.30. The number of hydrogen-bond donors (Lipinski definition) is 1. The molecule has 0 bridgehead atoms. The van der Waals surface area contributed by atoms with Crippen molar-refractivity contribution < 1.29 is 13.9 Å². The molecule has 1 saturated heterocycles. The van der Waals surface area contributed by atoms with Gasteiger partial charge in [-0.1, -0.05) is 12.1 Å². The van der Waals surface area contributed by atoms with Gasteiger partial charge in [-0.2, -0.15) is 10.2 Å². The van der Waals surface area contributed by atoms with Crippen LogP contribution >= 0.6 is 0 Å². The molecular formula is C19H20FN5O2. The van der Waals surface area contributed by atoms with Crippen LogP contribution in [-0.2, 0) is 11.3 Å². The summed E-state index contributed by atoms with van der Waals surface area (Å²) < 4.78 is 21.3. The van der Waals surface area contributed by atoms with Crippen molar-refractivity contribution in [2.45, 2.75) is 19.1 Å². The van der Waals surface area contributed by atoms with Crippen molar-refractivity contribution in [2.24, 2.45) is 0 Å². The van der Waals surface area contributed by atoms with Gasteiger partial charge >= 0.3 is 0 Å². The molecule has 0 aliphatic carbocycles. The molecule has 27 heavy (non-hydrogen) atoms. The molecule has 1 aliphatic rings. The van der Waals surface area contributed by atoms with Crippen LogP contribution in [0.2, 0.25) is 0 Å². The van der Waals surface area contributed by atoms with Gasteiger partial charge in [0.1, 0.15) is 5.82 Å². The molecule has 0 saturated carbocycles. The highest BCUT2D eigenvalue weighted by Gasteiger charge is 2.26. The zero-order valence-corrected chi connectivity index (χ0v) is 14.7. The second kappa shape index (κ2) is 7.71. The van der Waals surface area contributed by atoms with Crippen LogP contribution in [0, 0.1) is 5.82 Å². The lowest BCUT2D eigenvalue weighted by Gasteiger charge is -2.24. The first-order valence-electron chi connectivity index (χ1n) is 8.88. The van der Waals surface area contributed by atoms with E-state index in [9.17, 15) is 9.18 Å². The third-order valence-electron chi connectivity index (χ3n) is 4.57. The smallest absolute Gasteiger partial charge is 0.257 e. The number of aromatic nitrogens is 4. The van der Waals surface area contributed by atoms with Crippen molar-refractivity contribution in [2.75, 3.05) is 19.7 Å². The Morgan fingerprint density at radius 3 is 3.11 bits per heavy atom. The molecule has 140 valence electrons. The van der Waals surface area contributed by atoms with E-state index >= 15 is 0 Å². The van der Waals surface area contributed by atoms with Crippen LogP contribution < -0.4 is 0 Å². The van der Waals surface area contributed by atoms with E-state index < -0.39 is 0 Å². The number of benzene rings is 1. The summed E-state index contributed by atoms with van der Waals surface area (Å²) >= 11 is 0. The molecule has 1 fully saturated rings. The maximum Gasteiger partial charge on any atom is 0.257 e. The highest BCUT2D eigenvalue weighted by Crippen LogP contribution is 2.24. The van der Waals surface area contributed by atoms with Crippen molar-refractivity contribution in [1.82, 2.24) is 24.9 Å². The second-order valence-electron chi connectivity index (χ2n) is 6.49. The van der Waals surface area contributed by atoms with E-state index in [0.29, 0.717) is 43.1 Å². The normalized spacial score (nSPS) is 17.7. The van der Waals surface area contributed by atoms with E-state index in [1.165, 1.54) is 18.3 Å². The van der Waals surface area contributed by atoms with Crippen LogP contribution in [0.3, 0.4) is 0 Å². The van der Waals surface area contributed by atoms with Gasteiger partial charge in [0.25, 0.3) is 5.91 Å². The van der Waals surface area contributed by atoms with Crippen LogP contribution in [0.5, 0.6) is 0 Å². The van der Waals surface area contributed by atoms with Crippen molar-refractivity contribution in [3.8, 4) is 11.3 Å². The lowest BCUT2D eigenvalue weighted by molar-refractivity contribution is 0.0367. The molecule has 0 radical (unpaired) electrons. The minimum absolute atomic E-state index is 0.138. The Labute approximate surface area is 155 Å². The lowest BCUT2D eigenvalue weighted by atomic mass is 10.1. The quantitative estimate of drug-likeness (QED) is 0.766.